The molecule has 4 heteroatoms. The molecule has 106 valence electrons. The molecule has 0 amide bonds. The van der Waals surface area contributed by atoms with Gasteiger partial charge in [0.25, 0.3) is 0 Å². The smallest absolute Gasteiger partial charge is 0.132 e. The van der Waals surface area contributed by atoms with Gasteiger partial charge in [-0.05, 0) is 37.2 Å². The lowest BCUT2D eigenvalue weighted by atomic mass is 9.97. The van der Waals surface area contributed by atoms with Crippen molar-refractivity contribution in [1.29, 1.82) is 0 Å². The van der Waals surface area contributed by atoms with Gasteiger partial charge in [-0.2, -0.15) is 0 Å². The van der Waals surface area contributed by atoms with Crippen molar-refractivity contribution in [2.75, 3.05) is 14.2 Å². The van der Waals surface area contributed by atoms with Gasteiger partial charge in [-0.15, -0.1) is 0 Å². The van der Waals surface area contributed by atoms with E-state index in [0.717, 1.165) is 11.1 Å². The summed E-state index contributed by atoms with van der Waals surface area (Å²) in [4.78, 5) is 0. The molecule has 0 aromatic heterocycles. The molecular weight excluding hydrogens is 277 g/mol. The first-order valence-electron chi connectivity index (χ1n) is 6.33. The van der Waals surface area contributed by atoms with Crippen LogP contribution >= 0.6 is 11.6 Å². The van der Waals surface area contributed by atoms with Gasteiger partial charge >= 0.3 is 0 Å². The van der Waals surface area contributed by atoms with Crippen molar-refractivity contribution in [3.05, 3.63) is 63.9 Å². The fourth-order valence-corrected chi connectivity index (χ4v) is 2.34. The van der Waals surface area contributed by atoms with Gasteiger partial charge in [0, 0.05) is 16.7 Å². The predicted octanol–water partition coefficient (Wildman–Crippen LogP) is 4.10. The molecule has 0 radical (unpaired) electrons. The van der Waals surface area contributed by atoms with Crippen LogP contribution in [0.2, 0.25) is 5.02 Å². The predicted molar refractivity (Wildman–Crippen MR) is 80.0 cm³/mol. The van der Waals surface area contributed by atoms with Crippen LogP contribution < -0.4 is 10.1 Å². The van der Waals surface area contributed by atoms with Crippen LogP contribution in [0.4, 0.5) is 4.39 Å². The van der Waals surface area contributed by atoms with E-state index in [9.17, 15) is 4.39 Å². The number of halogens is 2. The summed E-state index contributed by atoms with van der Waals surface area (Å²) in [6.45, 7) is 1.93. The number of nitrogens with one attached hydrogen (secondary N) is 1. The Morgan fingerprint density at radius 2 is 1.95 bits per heavy atom. The lowest BCUT2D eigenvalue weighted by Crippen LogP contribution is -2.19. The van der Waals surface area contributed by atoms with E-state index in [1.807, 2.05) is 25.1 Å². The Morgan fingerprint density at radius 1 is 1.20 bits per heavy atom. The second-order valence-corrected chi connectivity index (χ2v) is 5.02. The minimum Gasteiger partial charge on any atom is -0.497 e. The molecule has 0 aliphatic carbocycles. The van der Waals surface area contributed by atoms with Crippen molar-refractivity contribution in [3.63, 3.8) is 0 Å². The first kappa shape index (κ1) is 14.8. The van der Waals surface area contributed by atoms with Crippen molar-refractivity contribution in [2.45, 2.75) is 13.0 Å². The number of rotatable bonds is 4. The highest BCUT2D eigenvalue weighted by atomic mass is 35.5. The summed E-state index contributed by atoms with van der Waals surface area (Å²) in [6.07, 6.45) is 0. The molecule has 2 aromatic carbocycles. The SMILES string of the molecule is CNC(c1ccc(Cl)c(C)c1)c1ccc(OC)cc1F. The van der Waals surface area contributed by atoms with Crippen LogP contribution in [-0.2, 0) is 0 Å². The molecule has 0 saturated heterocycles. The van der Waals surface area contributed by atoms with E-state index in [1.165, 1.54) is 13.2 Å². The quantitative estimate of drug-likeness (QED) is 0.916. The van der Waals surface area contributed by atoms with Crippen LogP contribution in [0.5, 0.6) is 5.75 Å². The normalized spacial score (nSPS) is 12.2. The summed E-state index contributed by atoms with van der Waals surface area (Å²) < 4.78 is 19.2. The zero-order valence-electron chi connectivity index (χ0n) is 11.7. The largest absolute Gasteiger partial charge is 0.497 e. The van der Waals surface area contributed by atoms with Gasteiger partial charge < -0.3 is 10.1 Å². The van der Waals surface area contributed by atoms with Gasteiger partial charge in [0.1, 0.15) is 11.6 Å². The number of benzene rings is 2. The average molecular weight is 294 g/mol. The highest BCUT2D eigenvalue weighted by Crippen LogP contribution is 2.29. The van der Waals surface area contributed by atoms with E-state index in [1.54, 1.807) is 19.2 Å². The Hall–Kier alpha value is -1.58. The first-order chi connectivity index (χ1) is 9.56. The van der Waals surface area contributed by atoms with Crippen molar-refractivity contribution >= 4 is 11.6 Å². The maximum atomic E-state index is 14.2. The molecule has 0 aliphatic rings. The van der Waals surface area contributed by atoms with E-state index in [-0.39, 0.29) is 11.9 Å². The maximum absolute atomic E-state index is 14.2. The highest BCUT2D eigenvalue weighted by molar-refractivity contribution is 6.31. The van der Waals surface area contributed by atoms with E-state index in [2.05, 4.69) is 5.32 Å². The number of hydrogen-bond acceptors (Lipinski definition) is 2. The zero-order chi connectivity index (χ0) is 14.7. The monoisotopic (exact) mass is 293 g/mol. The van der Waals surface area contributed by atoms with E-state index < -0.39 is 0 Å². The van der Waals surface area contributed by atoms with Crippen molar-refractivity contribution in [3.8, 4) is 5.75 Å². The van der Waals surface area contributed by atoms with Crippen LogP contribution in [-0.4, -0.2) is 14.2 Å². The van der Waals surface area contributed by atoms with Crippen LogP contribution in [0.25, 0.3) is 0 Å². The Labute approximate surface area is 123 Å². The molecule has 0 heterocycles. The second-order valence-electron chi connectivity index (χ2n) is 4.62. The van der Waals surface area contributed by atoms with Crippen LogP contribution in [0.3, 0.4) is 0 Å². The number of ether oxygens (including phenoxy) is 1. The van der Waals surface area contributed by atoms with E-state index in [0.29, 0.717) is 16.3 Å². The lowest BCUT2D eigenvalue weighted by molar-refractivity contribution is 0.410. The Bertz CT molecular complexity index is 615. The standard InChI is InChI=1S/C16H17ClFNO/c1-10-8-11(4-7-14(10)17)16(19-2)13-6-5-12(20-3)9-15(13)18/h4-9,16,19H,1-3H3. The van der Waals surface area contributed by atoms with E-state index >= 15 is 0 Å². The summed E-state index contributed by atoms with van der Waals surface area (Å²) in [5.41, 5.74) is 2.52. The molecule has 2 nitrogen and oxygen atoms in total. The van der Waals surface area contributed by atoms with Gasteiger partial charge in [-0.3, -0.25) is 0 Å². The lowest BCUT2D eigenvalue weighted by Gasteiger charge is -2.19. The van der Waals surface area contributed by atoms with Crippen LogP contribution in [0.1, 0.15) is 22.7 Å². The molecule has 0 aliphatic heterocycles. The molecule has 0 bridgehead atoms. The molecule has 20 heavy (non-hydrogen) atoms. The van der Waals surface area contributed by atoms with Crippen LogP contribution in [0.15, 0.2) is 36.4 Å². The molecule has 2 aromatic rings. The summed E-state index contributed by atoms with van der Waals surface area (Å²) in [5, 5.41) is 3.84. The molecular formula is C16H17ClFNO. The third kappa shape index (κ3) is 2.94. The summed E-state index contributed by atoms with van der Waals surface area (Å²) >= 11 is 6.03. The Balaban J connectivity index is 2.43. The number of aryl methyl sites for hydroxylation is 1. The van der Waals surface area contributed by atoms with Crippen molar-refractivity contribution < 1.29 is 9.13 Å². The van der Waals surface area contributed by atoms with Crippen molar-refractivity contribution in [2.24, 2.45) is 0 Å². The summed E-state index contributed by atoms with van der Waals surface area (Å²) in [7, 11) is 3.32. The Morgan fingerprint density at radius 3 is 2.50 bits per heavy atom. The molecule has 1 N–H and O–H groups in total. The third-order valence-electron chi connectivity index (χ3n) is 3.32. The number of hydrogen-bond donors (Lipinski definition) is 1. The summed E-state index contributed by atoms with van der Waals surface area (Å²) in [6, 6.07) is 10.4. The minimum absolute atomic E-state index is 0.225. The Kier molecular flexibility index (Phi) is 4.63. The van der Waals surface area contributed by atoms with Gasteiger partial charge in [-0.1, -0.05) is 29.8 Å². The molecule has 0 saturated carbocycles. The molecule has 1 atom stereocenters. The topological polar surface area (TPSA) is 21.3 Å². The molecule has 2 rings (SSSR count). The fourth-order valence-electron chi connectivity index (χ4n) is 2.22. The average Bonchev–Trinajstić information content (AvgIpc) is 2.45. The molecule has 0 fully saturated rings. The van der Waals surface area contributed by atoms with Crippen molar-refractivity contribution in [1.82, 2.24) is 5.32 Å². The zero-order valence-corrected chi connectivity index (χ0v) is 12.5. The van der Waals surface area contributed by atoms with Gasteiger partial charge in [0.2, 0.25) is 0 Å². The minimum atomic E-state index is -0.295. The highest BCUT2D eigenvalue weighted by Gasteiger charge is 2.17. The third-order valence-corrected chi connectivity index (χ3v) is 3.75. The molecule has 0 spiro atoms. The fraction of sp³-hybridized carbons (Fsp3) is 0.250. The molecule has 1 unspecified atom stereocenters. The van der Waals surface area contributed by atoms with Gasteiger partial charge in [0.15, 0.2) is 0 Å². The maximum Gasteiger partial charge on any atom is 0.132 e. The van der Waals surface area contributed by atoms with Gasteiger partial charge in [0.05, 0.1) is 13.2 Å². The van der Waals surface area contributed by atoms with Crippen LogP contribution in [0, 0.1) is 12.7 Å². The summed E-state index contributed by atoms with van der Waals surface area (Å²) in [5.74, 6) is 0.213. The first-order valence-corrected chi connectivity index (χ1v) is 6.71. The van der Waals surface area contributed by atoms with Gasteiger partial charge in [-0.25, -0.2) is 4.39 Å². The van der Waals surface area contributed by atoms with E-state index in [4.69, 9.17) is 16.3 Å². The number of methoxy groups -OCH3 is 1. The second kappa shape index (κ2) is 6.25.